The highest BCUT2D eigenvalue weighted by Crippen LogP contribution is 2.29. The van der Waals surface area contributed by atoms with E-state index in [4.69, 9.17) is 4.52 Å². The molecule has 0 bridgehead atoms. The van der Waals surface area contributed by atoms with Gasteiger partial charge in [-0.3, -0.25) is 4.79 Å². The summed E-state index contributed by atoms with van der Waals surface area (Å²) in [6.07, 6.45) is 3.21. The number of hydrogen-bond donors (Lipinski definition) is 1. The van der Waals surface area contributed by atoms with E-state index in [0.717, 1.165) is 25.8 Å². The summed E-state index contributed by atoms with van der Waals surface area (Å²) < 4.78 is 5.22. The van der Waals surface area contributed by atoms with Crippen molar-refractivity contribution in [2.45, 2.75) is 32.2 Å². The number of rotatable bonds is 2. The quantitative estimate of drug-likeness (QED) is 0.921. The lowest BCUT2D eigenvalue weighted by Crippen LogP contribution is -2.42. The van der Waals surface area contributed by atoms with Crippen molar-refractivity contribution < 1.29 is 14.4 Å². The van der Waals surface area contributed by atoms with Gasteiger partial charge in [0.2, 0.25) is 0 Å². The van der Waals surface area contributed by atoms with Crippen LogP contribution in [-0.4, -0.2) is 33.7 Å². The molecule has 0 spiro atoms. The van der Waals surface area contributed by atoms with Gasteiger partial charge in [-0.05, 0) is 38.3 Å². The number of carbonyl (C=O) groups excluding carboxylic acids is 1. The lowest BCUT2D eigenvalue weighted by molar-refractivity contribution is 0.0625. The van der Waals surface area contributed by atoms with Gasteiger partial charge in [-0.25, -0.2) is 0 Å². The number of phenolic OH excluding ortho intramolecular Hbond substituents is 1. The molecular formula is C16H18N2O3. The SMILES string of the molecule is C[C@H]1CCCCN1C(=O)c1cc(-c2ccccc2O)on1. The molecule has 21 heavy (non-hydrogen) atoms. The largest absolute Gasteiger partial charge is 0.507 e. The molecule has 1 aromatic heterocycles. The van der Waals surface area contributed by atoms with E-state index in [0.29, 0.717) is 17.0 Å². The Morgan fingerprint density at radius 3 is 2.95 bits per heavy atom. The topological polar surface area (TPSA) is 66.6 Å². The fourth-order valence-corrected chi connectivity index (χ4v) is 2.73. The van der Waals surface area contributed by atoms with E-state index in [1.807, 2.05) is 4.90 Å². The summed E-state index contributed by atoms with van der Waals surface area (Å²) in [6.45, 7) is 2.82. The number of benzene rings is 1. The van der Waals surface area contributed by atoms with E-state index in [2.05, 4.69) is 12.1 Å². The van der Waals surface area contributed by atoms with Crippen molar-refractivity contribution in [2.75, 3.05) is 6.54 Å². The third-order valence-electron chi connectivity index (χ3n) is 3.96. The first-order valence-corrected chi connectivity index (χ1v) is 7.23. The normalized spacial score (nSPS) is 18.7. The van der Waals surface area contributed by atoms with Crippen LogP contribution in [0.1, 0.15) is 36.7 Å². The molecule has 0 saturated carbocycles. The fraction of sp³-hybridized carbons (Fsp3) is 0.375. The molecule has 1 saturated heterocycles. The van der Waals surface area contributed by atoms with E-state index >= 15 is 0 Å². The van der Waals surface area contributed by atoms with Gasteiger partial charge in [0.1, 0.15) is 5.75 Å². The van der Waals surface area contributed by atoms with Gasteiger partial charge < -0.3 is 14.5 Å². The molecule has 1 amide bonds. The number of para-hydroxylation sites is 1. The zero-order valence-corrected chi connectivity index (χ0v) is 12.0. The van der Waals surface area contributed by atoms with Crippen LogP contribution in [0.15, 0.2) is 34.9 Å². The zero-order chi connectivity index (χ0) is 14.8. The summed E-state index contributed by atoms with van der Waals surface area (Å²) in [5.41, 5.74) is 0.831. The van der Waals surface area contributed by atoms with Gasteiger partial charge in [0, 0.05) is 18.7 Å². The van der Waals surface area contributed by atoms with E-state index in [1.54, 1.807) is 30.3 Å². The van der Waals surface area contributed by atoms with Crippen molar-refractivity contribution in [3.63, 3.8) is 0 Å². The molecule has 1 aliphatic heterocycles. The Labute approximate surface area is 123 Å². The third-order valence-corrected chi connectivity index (χ3v) is 3.96. The smallest absolute Gasteiger partial charge is 0.276 e. The molecule has 0 aliphatic carbocycles. The average molecular weight is 286 g/mol. The number of amides is 1. The summed E-state index contributed by atoms with van der Waals surface area (Å²) in [7, 11) is 0. The second-order valence-corrected chi connectivity index (χ2v) is 5.44. The average Bonchev–Trinajstić information content (AvgIpc) is 2.97. The highest BCUT2D eigenvalue weighted by atomic mass is 16.5. The Kier molecular flexibility index (Phi) is 3.64. The lowest BCUT2D eigenvalue weighted by Gasteiger charge is -2.32. The molecule has 1 aromatic carbocycles. The summed E-state index contributed by atoms with van der Waals surface area (Å²) in [5.74, 6) is 0.410. The molecule has 2 heterocycles. The fourth-order valence-electron chi connectivity index (χ4n) is 2.73. The van der Waals surface area contributed by atoms with E-state index < -0.39 is 0 Å². The van der Waals surface area contributed by atoms with E-state index in [1.165, 1.54) is 0 Å². The standard InChI is InChI=1S/C16H18N2O3/c1-11-6-4-5-9-18(11)16(20)13-10-15(21-17-13)12-7-2-3-8-14(12)19/h2-3,7-8,10-11,19H,4-6,9H2,1H3/t11-/m0/s1. The second-order valence-electron chi connectivity index (χ2n) is 5.44. The number of aromatic nitrogens is 1. The maximum absolute atomic E-state index is 12.5. The van der Waals surface area contributed by atoms with Crippen LogP contribution in [-0.2, 0) is 0 Å². The van der Waals surface area contributed by atoms with E-state index in [-0.39, 0.29) is 17.7 Å². The third kappa shape index (κ3) is 2.63. The van der Waals surface area contributed by atoms with Gasteiger partial charge in [-0.2, -0.15) is 0 Å². The maximum atomic E-state index is 12.5. The van der Waals surface area contributed by atoms with Crippen molar-refractivity contribution in [3.8, 4) is 17.1 Å². The molecule has 1 N–H and O–H groups in total. The summed E-state index contributed by atoms with van der Waals surface area (Å²) >= 11 is 0. The van der Waals surface area contributed by atoms with Crippen LogP contribution in [0.2, 0.25) is 0 Å². The summed E-state index contributed by atoms with van der Waals surface area (Å²) in [5, 5.41) is 13.7. The minimum atomic E-state index is -0.104. The highest BCUT2D eigenvalue weighted by Gasteiger charge is 2.26. The van der Waals surface area contributed by atoms with Crippen molar-refractivity contribution in [2.24, 2.45) is 0 Å². The van der Waals surface area contributed by atoms with Crippen LogP contribution >= 0.6 is 0 Å². The van der Waals surface area contributed by atoms with Gasteiger partial charge >= 0.3 is 0 Å². The van der Waals surface area contributed by atoms with Gasteiger partial charge in [0.25, 0.3) is 5.91 Å². The van der Waals surface area contributed by atoms with Gasteiger partial charge in [0.15, 0.2) is 11.5 Å². The summed E-state index contributed by atoms with van der Waals surface area (Å²) in [4.78, 5) is 14.3. The van der Waals surface area contributed by atoms with Crippen molar-refractivity contribution >= 4 is 5.91 Å². The number of likely N-dealkylation sites (tertiary alicyclic amines) is 1. The first-order chi connectivity index (χ1) is 10.2. The first kappa shape index (κ1) is 13.7. The number of nitrogens with zero attached hydrogens (tertiary/aromatic N) is 2. The molecule has 1 fully saturated rings. The van der Waals surface area contributed by atoms with Crippen molar-refractivity contribution in [1.82, 2.24) is 10.1 Å². The minimum Gasteiger partial charge on any atom is -0.507 e. The number of phenols is 1. The number of hydrogen-bond acceptors (Lipinski definition) is 4. The minimum absolute atomic E-state index is 0.104. The number of carbonyl (C=O) groups is 1. The Balaban J connectivity index is 1.85. The van der Waals surface area contributed by atoms with Gasteiger partial charge in [-0.15, -0.1) is 0 Å². The lowest BCUT2D eigenvalue weighted by atomic mass is 10.0. The van der Waals surface area contributed by atoms with E-state index in [9.17, 15) is 9.90 Å². The van der Waals surface area contributed by atoms with Crippen LogP contribution in [0.4, 0.5) is 0 Å². The predicted octanol–water partition coefficient (Wildman–Crippen LogP) is 3.06. The Hall–Kier alpha value is -2.30. The molecule has 5 nitrogen and oxygen atoms in total. The molecule has 3 rings (SSSR count). The Morgan fingerprint density at radius 2 is 2.19 bits per heavy atom. The molecular weight excluding hydrogens is 268 g/mol. The molecule has 1 aliphatic rings. The maximum Gasteiger partial charge on any atom is 0.276 e. The molecule has 0 radical (unpaired) electrons. The molecule has 2 aromatic rings. The summed E-state index contributed by atoms with van der Waals surface area (Å²) in [6, 6.07) is 8.66. The molecule has 110 valence electrons. The zero-order valence-electron chi connectivity index (χ0n) is 12.0. The van der Waals surface area contributed by atoms with Crippen LogP contribution in [0, 0.1) is 0 Å². The number of piperidine rings is 1. The van der Waals surface area contributed by atoms with Crippen LogP contribution in [0.3, 0.4) is 0 Å². The van der Waals surface area contributed by atoms with Crippen LogP contribution in [0.25, 0.3) is 11.3 Å². The van der Waals surface area contributed by atoms with Crippen molar-refractivity contribution in [1.29, 1.82) is 0 Å². The Bertz CT molecular complexity index is 650. The molecule has 0 unspecified atom stereocenters. The van der Waals surface area contributed by atoms with Crippen LogP contribution < -0.4 is 0 Å². The van der Waals surface area contributed by atoms with Crippen molar-refractivity contribution in [3.05, 3.63) is 36.0 Å². The number of aromatic hydroxyl groups is 1. The molecule has 1 atom stereocenters. The second kappa shape index (κ2) is 5.60. The Morgan fingerprint density at radius 1 is 1.38 bits per heavy atom. The van der Waals surface area contributed by atoms with Gasteiger partial charge in [0.05, 0.1) is 5.56 Å². The monoisotopic (exact) mass is 286 g/mol. The predicted molar refractivity (Wildman–Crippen MR) is 78.0 cm³/mol. The first-order valence-electron chi connectivity index (χ1n) is 7.23. The van der Waals surface area contributed by atoms with Gasteiger partial charge in [-0.1, -0.05) is 17.3 Å². The molecule has 5 heteroatoms. The highest BCUT2D eigenvalue weighted by molar-refractivity contribution is 5.93. The van der Waals surface area contributed by atoms with Crippen LogP contribution in [0.5, 0.6) is 5.75 Å².